The second-order valence-corrected chi connectivity index (χ2v) is 4.59. The molecular weight excluding hydrogens is 317 g/mol. The molecule has 6 nitrogen and oxygen atoms in total. The number of rotatable bonds is 6. The monoisotopic (exact) mass is 331 g/mol. The van der Waals surface area contributed by atoms with Crippen LogP contribution in [0.25, 0.3) is 6.08 Å². The van der Waals surface area contributed by atoms with Crippen molar-refractivity contribution >= 4 is 17.7 Å². The molecule has 2 rings (SSSR count). The summed E-state index contributed by atoms with van der Waals surface area (Å²) in [6.45, 7) is 2.29. The van der Waals surface area contributed by atoms with E-state index in [1.807, 2.05) is 6.92 Å². The van der Waals surface area contributed by atoms with Gasteiger partial charge in [-0.15, -0.1) is 0 Å². The predicted octanol–water partition coefficient (Wildman–Crippen LogP) is 3.75. The second kappa shape index (κ2) is 7.87. The summed E-state index contributed by atoms with van der Waals surface area (Å²) >= 11 is 0. The van der Waals surface area contributed by atoms with Crippen LogP contribution in [0.1, 0.15) is 12.5 Å². The fraction of sp³-hybridized carbons (Fsp3) is 0.118. The van der Waals surface area contributed by atoms with Crippen molar-refractivity contribution in [2.45, 2.75) is 6.92 Å². The van der Waals surface area contributed by atoms with E-state index >= 15 is 0 Å². The number of nitro benzene ring substituents is 1. The Hall–Kier alpha value is -3.22. The molecule has 0 aliphatic carbocycles. The van der Waals surface area contributed by atoms with Crippen LogP contribution in [0.4, 0.5) is 10.1 Å². The zero-order valence-electron chi connectivity index (χ0n) is 12.8. The zero-order chi connectivity index (χ0) is 17.5. The topological polar surface area (TPSA) is 78.7 Å². The van der Waals surface area contributed by atoms with Gasteiger partial charge >= 0.3 is 11.7 Å². The number of ether oxygens (including phenoxy) is 2. The highest BCUT2D eigenvalue weighted by molar-refractivity contribution is 5.89. The number of hydrogen-bond acceptors (Lipinski definition) is 5. The molecule has 0 N–H and O–H groups in total. The maximum absolute atomic E-state index is 13.2. The van der Waals surface area contributed by atoms with E-state index in [4.69, 9.17) is 9.47 Å². The van der Waals surface area contributed by atoms with Gasteiger partial charge < -0.3 is 9.47 Å². The van der Waals surface area contributed by atoms with E-state index in [9.17, 15) is 19.3 Å². The predicted molar refractivity (Wildman–Crippen MR) is 85.3 cm³/mol. The van der Waals surface area contributed by atoms with Gasteiger partial charge in [0.1, 0.15) is 11.6 Å². The summed E-state index contributed by atoms with van der Waals surface area (Å²) in [5.41, 5.74) is 0.151. The number of esters is 1. The normalized spacial score (nSPS) is 10.6. The third-order valence-corrected chi connectivity index (χ3v) is 2.95. The zero-order valence-corrected chi connectivity index (χ0v) is 12.8. The van der Waals surface area contributed by atoms with E-state index in [-0.39, 0.29) is 0 Å². The molecule has 7 heteroatoms. The van der Waals surface area contributed by atoms with Crippen LogP contribution < -0.4 is 9.47 Å². The van der Waals surface area contributed by atoms with Crippen molar-refractivity contribution in [1.82, 2.24) is 0 Å². The van der Waals surface area contributed by atoms with E-state index in [1.54, 1.807) is 24.3 Å². The van der Waals surface area contributed by atoms with Crippen LogP contribution in [0.15, 0.2) is 48.5 Å². The first-order chi connectivity index (χ1) is 11.5. The Balaban J connectivity index is 2.17. The van der Waals surface area contributed by atoms with Crippen LogP contribution in [0, 0.1) is 15.9 Å². The second-order valence-electron chi connectivity index (χ2n) is 4.59. The third kappa shape index (κ3) is 4.39. The molecule has 0 aromatic heterocycles. The lowest BCUT2D eigenvalue weighted by atomic mass is 10.2. The summed E-state index contributed by atoms with van der Waals surface area (Å²) in [4.78, 5) is 22.0. The van der Waals surface area contributed by atoms with Gasteiger partial charge in [0.05, 0.1) is 11.5 Å². The van der Waals surface area contributed by atoms with Crippen molar-refractivity contribution in [2.75, 3.05) is 6.61 Å². The molecule has 0 amide bonds. The maximum atomic E-state index is 13.2. The molecule has 2 aromatic carbocycles. The molecule has 0 saturated heterocycles. The molecule has 0 fully saturated rings. The SMILES string of the molecule is CCOc1ccccc1/C=C/C(=O)Oc1cc(F)ccc1[N+](=O)[O-]. The van der Waals surface area contributed by atoms with Crippen LogP contribution in [0.5, 0.6) is 11.5 Å². The van der Waals surface area contributed by atoms with Crippen molar-refractivity contribution in [3.63, 3.8) is 0 Å². The van der Waals surface area contributed by atoms with Crippen LogP contribution in [0.3, 0.4) is 0 Å². The van der Waals surface area contributed by atoms with Gasteiger partial charge in [-0.2, -0.15) is 0 Å². The molecule has 0 spiro atoms. The lowest BCUT2D eigenvalue weighted by Crippen LogP contribution is -2.06. The minimum atomic E-state index is -0.866. The first-order valence-electron chi connectivity index (χ1n) is 7.07. The molecule has 0 radical (unpaired) electrons. The third-order valence-electron chi connectivity index (χ3n) is 2.95. The summed E-state index contributed by atoms with van der Waals surface area (Å²) in [6, 6.07) is 9.68. The highest BCUT2D eigenvalue weighted by Crippen LogP contribution is 2.27. The molecule has 0 saturated carbocycles. The van der Waals surface area contributed by atoms with Gasteiger partial charge in [-0.3, -0.25) is 10.1 Å². The summed E-state index contributed by atoms with van der Waals surface area (Å²) in [6.07, 6.45) is 2.55. The number of carbonyl (C=O) groups is 1. The van der Waals surface area contributed by atoms with Gasteiger partial charge in [0.25, 0.3) is 0 Å². The molecule has 0 unspecified atom stereocenters. The van der Waals surface area contributed by atoms with Gasteiger partial charge in [0.15, 0.2) is 0 Å². The summed E-state index contributed by atoms with van der Waals surface area (Å²) in [7, 11) is 0. The first-order valence-corrected chi connectivity index (χ1v) is 7.07. The summed E-state index contributed by atoms with van der Waals surface area (Å²) < 4.78 is 23.5. The van der Waals surface area contributed by atoms with Crippen LogP contribution in [0.2, 0.25) is 0 Å². The smallest absolute Gasteiger partial charge is 0.336 e. The fourth-order valence-corrected chi connectivity index (χ4v) is 1.93. The van der Waals surface area contributed by atoms with Crippen molar-refractivity contribution < 1.29 is 23.6 Å². The number of nitrogens with zero attached hydrogens (tertiary/aromatic N) is 1. The molecule has 0 heterocycles. The lowest BCUT2D eigenvalue weighted by Gasteiger charge is -2.06. The van der Waals surface area contributed by atoms with E-state index in [2.05, 4.69) is 0 Å². The van der Waals surface area contributed by atoms with Crippen LogP contribution >= 0.6 is 0 Å². The Morgan fingerprint density at radius 2 is 2.00 bits per heavy atom. The molecular formula is C17H14FNO5. The fourth-order valence-electron chi connectivity index (χ4n) is 1.93. The number of benzene rings is 2. The molecule has 0 atom stereocenters. The Morgan fingerprint density at radius 3 is 2.71 bits per heavy atom. The van der Waals surface area contributed by atoms with Gasteiger partial charge in [-0.1, -0.05) is 18.2 Å². The molecule has 2 aromatic rings. The van der Waals surface area contributed by atoms with Crippen LogP contribution in [-0.4, -0.2) is 17.5 Å². The van der Waals surface area contributed by atoms with Crippen LogP contribution in [-0.2, 0) is 4.79 Å². The molecule has 124 valence electrons. The highest BCUT2D eigenvalue weighted by atomic mass is 19.1. The average molecular weight is 331 g/mol. The maximum Gasteiger partial charge on any atom is 0.336 e. The van der Waals surface area contributed by atoms with Crippen molar-refractivity contribution in [3.05, 3.63) is 70.0 Å². The Bertz CT molecular complexity index is 788. The number of carbonyl (C=O) groups excluding carboxylic acids is 1. The first kappa shape index (κ1) is 17.1. The standard InChI is InChI=1S/C17H14FNO5/c1-2-23-15-6-4-3-5-12(15)7-10-17(20)24-16-11-13(18)8-9-14(16)19(21)22/h3-11H,2H2,1H3/b10-7+. The molecule has 0 bridgehead atoms. The van der Waals surface area contributed by atoms with Gasteiger partial charge in [-0.25, -0.2) is 9.18 Å². The Morgan fingerprint density at radius 1 is 1.25 bits per heavy atom. The van der Waals surface area contributed by atoms with Gasteiger partial charge in [0.2, 0.25) is 5.75 Å². The molecule has 0 aliphatic rings. The lowest BCUT2D eigenvalue weighted by molar-refractivity contribution is -0.385. The average Bonchev–Trinajstić information content (AvgIpc) is 2.54. The van der Waals surface area contributed by atoms with Gasteiger partial charge in [0, 0.05) is 23.8 Å². The molecule has 0 aliphatic heterocycles. The number of nitro groups is 1. The minimum absolute atomic E-state index is 0.451. The summed E-state index contributed by atoms with van der Waals surface area (Å²) in [5.74, 6) is -1.47. The molecule has 24 heavy (non-hydrogen) atoms. The summed E-state index contributed by atoms with van der Waals surface area (Å²) in [5, 5.41) is 10.9. The highest BCUT2D eigenvalue weighted by Gasteiger charge is 2.18. The Kier molecular flexibility index (Phi) is 5.62. The van der Waals surface area contributed by atoms with Crippen molar-refractivity contribution in [1.29, 1.82) is 0 Å². The van der Waals surface area contributed by atoms with E-state index in [0.717, 1.165) is 24.3 Å². The van der Waals surface area contributed by atoms with E-state index in [0.29, 0.717) is 17.9 Å². The Labute approximate surface area is 137 Å². The number of para-hydroxylation sites is 1. The number of hydrogen-bond donors (Lipinski definition) is 0. The largest absolute Gasteiger partial charge is 0.493 e. The van der Waals surface area contributed by atoms with Gasteiger partial charge in [-0.05, 0) is 25.1 Å². The number of halogens is 1. The van der Waals surface area contributed by atoms with E-state index < -0.39 is 28.1 Å². The van der Waals surface area contributed by atoms with E-state index in [1.165, 1.54) is 6.08 Å². The van der Waals surface area contributed by atoms with Crippen molar-refractivity contribution in [2.24, 2.45) is 0 Å². The van der Waals surface area contributed by atoms with Crippen molar-refractivity contribution in [3.8, 4) is 11.5 Å². The minimum Gasteiger partial charge on any atom is -0.493 e. The quantitative estimate of drug-likeness (QED) is 0.265.